The van der Waals surface area contributed by atoms with Gasteiger partial charge in [-0.05, 0) is 38.3 Å². The molecule has 0 amide bonds. The summed E-state index contributed by atoms with van der Waals surface area (Å²) in [5.41, 5.74) is 7.09. The zero-order valence-electron chi connectivity index (χ0n) is 13.9. The average Bonchev–Trinajstić information content (AvgIpc) is 2.55. The van der Waals surface area contributed by atoms with Gasteiger partial charge >= 0.3 is 0 Å². The van der Waals surface area contributed by atoms with Gasteiger partial charge in [0.2, 0.25) is 5.88 Å². The molecule has 3 rings (SSSR count). The van der Waals surface area contributed by atoms with Crippen LogP contribution in [0.2, 0.25) is 0 Å². The van der Waals surface area contributed by atoms with Crippen LogP contribution in [0.4, 0.5) is 5.82 Å². The number of nitrogen functional groups attached to an aromatic ring is 1. The van der Waals surface area contributed by atoms with Gasteiger partial charge in [-0.3, -0.25) is 4.90 Å². The van der Waals surface area contributed by atoms with Crippen molar-refractivity contribution >= 4 is 5.82 Å². The van der Waals surface area contributed by atoms with E-state index < -0.39 is 0 Å². The fourth-order valence-corrected chi connectivity index (χ4v) is 3.42. The fourth-order valence-electron chi connectivity index (χ4n) is 3.42. The highest BCUT2D eigenvalue weighted by molar-refractivity contribution is 5.31. The average molecular weight is 311 g/mol. The largest absolute Gasteiger partial charge is 0.474 e. The van der Waals surface area contributed by atoms with Crippen molar-refractivity contribution in [2.75, 3.05) is 12.3 Å². The topological polar surface area (TPSA) is 51.4 Å². The van der Waals surface area contributed by atoms with E-state index in [4.69, 9.17) is 10.5 Å². The molecular formula is C19H25N3O. The Morgan fingerprint density at radius 1 is 1.17 bits per heavy atom. The first-order valence-electron chi connectivity index (χ1n) is 8.33. The van der Waals surface area contributed by atoms with Gasteiger partial charge in [-0.1, -0.05) is 36.4 Å². The summed E-state index contributed by atoms with van der Waals surface area (Å²) in [7, 11) is 0. The van der Waals surface area contributed by atoms with Crippen LogP contribution in [0.25, 0.3) is 0 Å². The number of nitrogens with two attached hydrogens (primary N) is 1. The molecule has 1 aliphatic rings. The maximum Gasteiger partial charge on any atom is 0.215 e. The molecule has 1 aromatic heterocycles. The molecule has 1 saturated heterocycles. The van der Waals surface area contributed by atoms with E-state index in [2.05, 4.69) is 54.1 Å². The third-order valence-electron chi connectivity index (χ3n) is 4.69. The van der Waals surface area contributed by atoms with Crippen LogP contribution in [0.1, 0.15) is 38.3 Å². The van der Waals surface area contributed by atoms with E-state index >= 15 is 0 Å². The van der Waals surface area contributed by atoms with Crippen molar-refractivity contribution in [2.45, 2.75) is 44.9 Å². The number of aromatic nitrogens is 1. The van der Waals surface area contributed by atoms with E-state index in [1.165, 1.54) is 5.56 Å². The van der Waals surface area contributed by atoms with E-state index in [1.54, 1.807) is 6.07 Å². The number of piperidine rings is 1. The van der Waals surface area contributed by atoms with Crippen LogP contribution in [0, 0.1) is 0 Å². The lowest BCUT2D eigenvalue weighted by molar-refractivity contribution is 0.0380. The Bertz CT molecular complexity index is 632. The lowest BCUT2D eigenvalue weighted by Gasteiger charge is -2.41. The van der Waals surface area contributed by atoms with Crippen molar-refractivity contribution in [2.24, 2.45) is 0 Å². The Morgan fingerprint density at radius 2 is 1.96 bits per heavy atom. The van der Waals surface area contributed by atoms with Crippen molar-refractivity contribution < 1.29 is 4.74 Å². The minimum atomic E-state index is 0.207. The summed E-state index contributed by atoms with van der Waals surface area (Å²) in [6, 6.07) is 17.1. The standard InChI is InChI=1S/C19H25N3O/c1-14-13-17(23-19-10-6-9-18(20)21-19)11-12-22(14)15(2)16-7-4-3-5-8-16/h3-10,14-15,17H,11-13H2,1-2H3,(H2,20,21)/t14-,15+,17-/m1/s1. The van der Waals surface area contributed by atoms with Crippen molar-refractivity contribution in [3.63, 3.8) is 0 Å². The molecule has 4 nitrogen and oxygen atoms in total. The van der Waals surface area contributed by atoms with Crippen LogP contribution in [-0.4, -0.2) is 28.6 Å². The maximum atomic E-state index is 6.02. The number of ether oxygens (including phenoxy) is 1. The van der Waals surface area contributed by atoms with Crippen molar-refractivity contribution in [3.05, 3.63) is 54.1 Å². The lowest BCUT2D eigenvalue weighted by atomic mass is 9.96. The normalized spacial score (nSPS) is 23.4. The minimum Gasteiger partial charge on any atom is -0.474 e. The van der Waals surface area contributed by atoms with Crippen LogP contribution in [-0.2, 0) is 0 Å². The molecule has 122 valence electrons. The SMILES string of the molecule is C[C@@H]1C[C@H](Oc2cccc(N)n2)CCN1[C@@H](C)c1ccccc1. The van der Waals surface area contributed by atoms with Gasteiger partial charge in [0, 0.05) is 24.7 Å². The number of benzene rings is 1. The van der Waals surface area contributed by atoms with Crippen LogP contribution < -0.4 is 10.5 Å². The summed E-state index contributed by atoms with van der Waals surface area (Å²) >= 11 is 0. The second-order valence-electron chi connectivity index (χ2n) is 6.34. The van der Waals surface area contributed by atoms with Crippen LogP contribution >= 0.6 is 0 Å². The molecule has 1 fully saturated rings. The number of nitrogens with zero attached hydrogens (tertiary/aromatic N) is 2. The Balaban J connectivity index is 1.61. The zero-order valence-corrected chi connectivity index (χ0v) is 13.9. The third-order valence-corrected chi connectivity index (χ3v) is 4.69. The fraction of sp³-hybridized carbons (Fsp3) is 0.421. The molecular weight excluding hydrogens is 286 g/mol. The molecule has 2 aromatic rings. The molecule has 3 atom stereocenters. The van der Waals surface area contributed by atoms with Crippen LogP contribution in [0.3, 0.4) is 0 Å². The van der Waals surface area contributed by atoms with Gasteiger partial charge in [0.1, 0.15) is 11.9 Å². The van der Waals surface area contributed by atoms with Crippen LogP contribution in [0.5, 0.6) is 5.88 Å². The first kappa shape index (κ1) is 15.8. The second kappa shape index (κ2) is 7.01. The summed E-state index contributed by atoms with van der Waals surface area (Å²) in [4.78, 5) is 6.79. The summed E-state index contributed by atoms with van der Waals surface area (Å²) in [6.45, 7) is 5.60. The smallest absolute Gasteiger partial charge is 0.215 e. The number of rotatable bonds is 4. The lowest BCUT2D eigenvalue weighted by Crippen LogP contribution is -2.45. The molecule has 0 unspecified atom stereocenters. The van der Waals surface area contributed by atoms with Crippen molar-refractivity contribution in [3.8, 4) is 5.88 Å². The molecule has 0 saturated carbocycles. The molecule has 1 aromatic carbocycles. The molecule has 0 spiro atoms. The maximum absolute atomic E-state index is 6.02. The highest BCUT2D eigenvalue weighted by Crippen LogP contribution is 2.29. The van der Waals surface area contributed by atoms with Crippen LogP contribution in [0.15, 0.2) is 48.5 Å². The predicted octanol–water partition coefficient (Wildman–Crippen LogP) is 3.66. The van der Waals surface area contributed by atoms with Gasteiger partial charge in [-0.25, -0.2) is 0 Å². The summed E-state index contributed by atoms with van der Waals surface area (Å²) in [5, 5.41) is 0. The summed E-state index contributed by atoms with van der Waals surface area (Å²) in [6.07, 6.45) is 2.23. The van der Waals surface area contributed by atoms with E-state index in [0.717, 1.165) is 19.4 Å². The molecule has 0 radical (unpaired) electrons. The molecule has 0 aliphatic carbocycles. The number of pyridine rings is 1. The second-order valence-corrected chi connectivity index (χ2v) is 6.34. The molecule has 2 heterocycles. The van der Waals surface area contributed by atoms with Crippen molar-refractivity contribution in [1.82, 2.24) is 9.88 Å². The minimum absolute atomic E-state index is 0.207. The highest BCUT2D eigenvalue weighted by atomic mass is 16.5. The first-order chi connectivity index (χ1) is 11.1. The zero-order chi connectivity index (χ0) is 16.2. The highest BCUT2D eigenvalue weighted by Gasteiger charge is 2.30. The Hall–Kier alpha value is -2.07. The Morgan fingerprint density at radius 3 is 2.65 bits per heavy atom. The van der Waals surface area contributed by atoms with E-state index in [-0.39, 0.29) is 6.10 Å². The Kier molecular flexibility index (Phi) is 4.82. The van der Waals surface area contributed by atoms with Gasteiger partial charge in [-0.2, -0.15) is 4.98 Å². The van der Waals surface area contributed by atoms with Crippen molar-refractivity contribution in [1.29, 1.82) is 0 Å². The van der Waals surface area contributed by atoms with Gasteiger partial charge in [-0.15, -0.1) is 0 Å². The van der Waals surface area contributed by atoms with Gasteiger partial charge in [0.05, 0.1) is 0 Å². The van der Waals surface area contributed by atoms with E-state index in [1.807, 2.05) is 12.1 Å². The molecule has 1 aliphatic heterocycles. The number of hydrogen-bond donors (Lipinski definition) is 1. The molecule has 4 heteroatoms. The monoisotopic (exact) mass is 311 g/mol. The summed E-state index contributed by atoms with van der Waals surface area (Å²) < 4.78 is 6.02. The molecule has 2 N–H and O–H groups in total. The number of likely N-dealkylation sites (tertiary alicyclic amines) is 1. The Labute approximate surface area is 138 Å². The van der Waals surface area contributed by atoms with Gasteiger partial charge in [0.15, 0.2) is 0 Å². The molecule has 0 bridgehead atoms. The number of hydrogen-bond acceptors (Lipinski definition) is 4. The van der Waals surface area contributed by atoms with E-state index in [0.29, 0.717) is 23.8 Å². The predicted molar refractivity (Wildman–Crippen MR) is 93.3 cm³/mol. The quantitative estimate of drug-likeness (QED) is 0.936. The van der Waals surface area contributed by atoms with Gasteiger partial charge in [0.25, 0.3) is 0 Å². The number of anilines is 1. The third kappa shape index (κ3) is 3.82. The van der Waals surface area contributed by atoms with E-state index in [9.17, 15) is 0 Å². The van der Waals surface area contributed by atoms with Gasteiger partial charge < -0.3 is 10.5 Å². The first-order valence-corrected chi connectivity index (χ1v) is 8.33. The summed E-state index contributed by atoms with van der Waals surface area (Å²) in [5.74, 6) is 1.14. The molecule has 23 heavy (non-hydrogen) atoms.